The number of carbonyl (C=O) groups is 2. The lowest BCUT2D eigenvalue weighted by molar-refractivity contribution is -0.117. The maximum absolute atomic E-state index is 13.3. The minimum atomic E-state index is -3.25. The molecule has 8 nitrogen and oxygen atoms in total. The van der Waals surface area contributed by atoms with Gasteiger partial charge in [-0.25, -0.2) is 27.0 Å². The summed E-state index contributed by atoms with van der Waals surface area (Å²) in [5.41, 5.74) is -1.69. The number of para-hydroxylation sites is 1. The number of aromatic nitrogens is 4. The number of hydrogen-bond donors (Lipinski definition) is 1. The SMILES string of the molecule is CCOC(=O)c1cnn(-c2ccccc2)c1NC(=O)Cn1nc(C(F)F)c(Cl)c1C(F)F. The lowest BCUT2D eigenvalue weighted by atomic mass is 10.3. The molecule has 0 atom stereocenters. The summed E-state index contributed by atoms with van der Waals surface area (Å²) >= 11 is 5.60. The number of amides is 1. The Balaban J connectivity index is 1.95. The van der Waals surface area contributed by atoms with Gasteiger partial charge in [-0.2, -0.15) is 10.2 Å². The number of benzene rings is 1. The van der Waals surface area contributed by atoms with Crippen LogP contribution in [0.3, 0.4) is 0 Å². The second kappa shape index (κ2) is 9.81. The second-order valence-corrected chi connectivity index (χ2v) is 6.64. The Hall–Kier alpha value is -3.41. The number of halogens is 5. The van der Waals surface area contributed by atoms with Crippen molar-refractivity contribution in [2.75, 3.05) is 11.9 Å². The van der Waals surface area contributed by atoms with Crippen LogP contribution in [0.15, 0.2) is 36.5 Å². The molecule has 13 heteroatoms. The van der Waals surface area contributed by atoms with Crippen LogP contribution >= 0.6 is 11.6 Å². The van der Waals surface area contributed by atoms with E-state index >= 15 is 0 Å². The minimum Gasteiger partial charge on any atom is -0.462 e. The van der Waals surface area contributed by atoms with E-state index in [1.54, 1.807) is 37.3 Å². The van der Waals surface area contributed by atoms with Crippen molar-refractivity contribution >= 4 is 29.3 Å². The van der Waals surface area contributed by atoms with E-state index in [0.29, 0.717) is 10.4 Å². The Morgan fingerprint density at radius 3 is 2.44 bits per heavy atom. The highest BCUT2D eigenvalue weighted by Gasteiger charge is 2.29. The predicted octanol–water partition coefficient (Wildman–Crippen LogP) is 4.41. The molecule has 3 aromatic rings. The number of nitrogens with zero attached hydrogens (tertiary/aromatic N) is 4. The van der Waals surface area contributed by atoms with E-state index in [1.165, 1.54) is 10.9 Å². The van der Waals surface area contributed by atoms with Crippen molar-refractivity contribution in [3.8, 4) is 5.69 Å². The second-order valence-electron chi connectivity index (χ2n) is 6.27. The highest BCUT2D eigenvalue weighted by atomic mass is 35.5. The molecule has 2 aromatic heterocycles. The fraction of sp³-hybridized carbons (Fsp3) is 0.263. The zero-order chi connectivity index (χ0) is 23.4. The molecule has 0 saturated carbocycles. The summed E-state index contributed by atoms with van der Waals surface area (Å²) in [4.78, 5) is 24.9. The van der Waals surface area contributed by atoms with Crippen molar-refractivity contribution < 1.29 is 31.9 Å². The fourth-order valence-electron chi connectivity index (χ4n) is 2.84. The van der Waals surface area contributed by atoms with Gasteiger partial charge in [0.2, 0.25) is 5.91 Å². The summed E-state index contributed by atoms with van der Waals surface area (Å²) < 4.78 is 59.3. The summed E-state index contributed by atoms with van der Waals surface area (Å²) in [6.45, 7) is 0.780. The molecule has 0 aliphatic rings. The van der Waals surface area contributed by atoms with E-state index in [9.17, 15) is 27.2 Å². The Labute approximate surface area is 183 Å². The molecule has 1 N–H and O–H groups in total. The van der Waals surface area contributed by atoms with Crippen LogP contribution in [0.1, 0.15) is 41.5 Å². The van der Waals surface area contributed by atoms with E-state index in [0.717, 1.165) is 0 Å². The highest BCUT2D eigenvalue weighted by molar-refractivity contribution is 6.32. The zero-order valence-corrected chi connectivity index (χ0v) is 17.2. The van der Waals surface area contributed by atoms with Crippen LogP contribution in [-0.2, 0) is 16.1 Å². The molecule has 0 bridgehead atoms. The molecule has 0 radical (unpaired) electrons. The van der Waals surface area contributed by atoms with Gasteiger partial charge < -0.3 is 10.1 Å². The van der Waals surface area contributed by atoms with Crippen molar-refractivity contribution in [3.05, 3.63) is 58.5 Å². The summed E-state index contributed by atoms with van der Waals surface area (Å²) in [5.74, 6) is -1.80. The Kier molecular flexibility index (Phi) is 7.13. The van der Waals surface area contributed by atoms with E-state index in [1.807, 2.05) is 0 Å². The van der Waals surface area contributed by atoms with Gasteiger partial charge in [0.15, 0.2) is 5.82 Å². The molecule has 0 spiro atoms. The molecular weight excluding hydrogens is 458 g/mol. The summed E-state index contributed by atoms with van der Waals surface area (Å²) in [6.07, 6.45) is -5.29. The lowest BCUT2D eigenvalue weighted by Gasteiger charge is -2.12. The smallest absolute Gasteiger partial charge is 0.343 e. The van der Waals surface area contributed by atoms with E-state index < -0.39 is 47.7 Å². The molecule has 170 valence electrons. The van der Waals surface area contributed by atoms with Gasteiger partial charge in [0, 0.05) is 0 Å². The molecule has 0 aliphatic heterocycles. The topological polar surface area (TPSA) is 91.0 Å². The largest absolute Gasteiger partial charge is 0.462 e. The first-order valence-corrected chi connectivity index (χ1v) is 9.55. The van der Waals surface area contributed by atoms with Gasteiger partial charge in [-0.1, -0.05) is 29.8 Å². The van der Waals surface area contributed by atoms with Crippen molar-refractivity contribution in [1.29, 1.82) is 0 Å². The third kappa shape index (κ3) is 4.74. The summed E-state index contributed by atoms with van der Waals surface area (Å²) in [5, 5.41) is 8.90. The quantitative estimate of drug-likeness (QED) is 0.386. The monoisotopic (exact) mass is 473 g/mol. The van der Waals surface area contributed by atoms with Crippen molar-refractivity contribution in [1.82, 2.24) is 19.6 Å². The van der Waals surface area contributed by atoms with Crippen LogP contribution in [0.25, 0.3) is 5.69 Å². The third-order valence-electron chi connectivity index (χ3n) is 4.19. The van der Waals surface area contributed by atoms with Crippen LogP contribution in [-0.4, -0.2) is 38.0 Å². The van der Waals surface area contributed by atoms with Gasteiger partial charge in [-0.05, 0) is 19.1 Å². The van der Waals surface area contributed by atoms with Gasteiger partial charge in [0.1, 0.15) is 23.5 Å². The number of ether oxygens (including phenoxy) is 1. The predicted molar refractivity (Wildman–Crippen MR) is 105 cm³/mol. The van der Waals surface area contributed by atoms with Crippen LogP contribution in [0, 0.1) is 0 Å². The molecule has 0 fully saturated rings. The van der Waals surface area contributed by atoms with Gasteiger partial charge in [0.25, 0.3) is 12.9 Å². The van der Waals surface area contributed by atoms with Crippen molar-refractivity contribution in [3.63, 3.8) is 0 Å². The molecule has 0 unspecified atom stereocenters. The van der Waals surface area contributed by atoms with Crippen LogP contribution in [0.2, 0.25) is 5.02 Å². The van der Waals surface area contributed by atoms with Crippen molar-refractivity contribution in [2.24, 2.45) is 0 Å². The Morgan fingerprint density at radius 2 is 1.84 bits per heavy atom. The van der Waals surface area contributed by atoms with Crippen LogP contribution in [0.4, 0.5) is 23.4 Å². The average molecular weight is 474 g/mol. The van der Waals surface area contributed by atoms with Crippen LogP contribution < -0.4 is 5.32 Å². The number of rotatable bonds is 8. The lowest BCUT2D eigenvalue weighted by Crippen LogP contribution is -2.24. The summed E-state index contributed by atoms with van der Waals surface area (Å²) in [6, 6.07) is 8.42. The highest BCUT2D eigenvalue weighted by Crippen LogP contribution is 2.34. The summed E-state index contributed by atoms with van der Waals surface area (Å²) in [7, 11) is 0. The first kappa shape index (κ1) is 23.3. The number of carbonyl (C=O) groups excluding carboxylic acids is 2. The number of esters is 1. The number of hydrogen-bond acceptors (Lipinski definition) is 5. The molecule has 2 heterocycles. The molecule has 1 aromatic carbocycles. The first-order valence-electron chi connectivity index (χ1n) is 9.17. The number of anilines is 1. The number of nitrogens with one attached hydrogen (secondary N) is 1. The van der Waals surface area contributed by atoms with E-state index in [2.05, 4.69) is 15.5 Å². The van der Waals surface area contributed by atoms with Gasteiger partial charge >= 0.3 is 5.97 Å². The van der Waals surface area contributed by atoms with E-state index in [4.69, 9.17) is 16.3 Å². The van der Waals surface area contributed by atoms with E-state index in [-0.39, 0.29) is 18.0 Å². The first-order chi connectivity index (χ1) is 15.2. The average Bonchev–Trinajstić information content (AvgIpc) is 3.29. The normalized spacial score (nSPS) is 11.2. The van der Waals surface area contributed by atoms with Crippen LogP contribution in [0.5, 0.6) is 0 Å². The van der Waals surface area contributed by atoms with Gasteiger partial charge in [-0.15, -0.1) is 0 Å². The van der Waals surface area contributed by atoms with Gasteiger partial charge in [-0.3, -0.25) is 9.48 Å². The molecule has 0 saturated heterocycles. The number of alkyl halides is 4. The molecule has 1 amide bonds. The van der Waals surface area contributed by atoms with Gasteiger partial charge in [0.05, 0.1) is 23.5 Å². The Bertz CT molecular complexity index is 1120. The minimum absolute atomic E-state index is 0.0582. The molecule has 3 rings (SSSR count). The van der Waals surface area contributed by atoms with Crippen molar-refractivity contribution in [2.45, 2.75) is 26.3 Å². The fourth-order valence-corrected chi connectivity index (χ4v) is 3.14. The zero-order valence-electron chi connectivity index (χ0n) is 16.4. The molecular formula is C19H16ClF4N5O3. The molecule has 32 heavy (non-hydrogen) atoms. The maximum atomic E-state index is 13.3. The standard InChI is InChI=1S/C19H16ClF4N5O3/c1-2-32-19(31)11-8-25-29(10-6-4-3-5-7-10)18(11)26-12(30)9-28-15(17(23)24)13(20)14(27-28)16(21)22/h3-8,16-17H,2,9H2,1H3,(H,26,30). The Morgan fingerprint density at radius 1 is 1.16 bits per heavy atom. The third-order valence-corrected chi connectivity index (χ3v) is 4.57. The molecule has 0 aliphatic carbocycles. The maximum Gasteiger partial charge on any atom is 0.343 e.